The molecule has 2 atom stereocenters. The van der Waals surface area contributed by atoms with Crippen LogP contribution in [0.2, 0.25) is 0 Å². The number of aryl methyl sites for hydroxylation is 1. The first kappa shape index (κ1) is 16.5. The Kier molecular flexibility index (Phi) is 6.29. The molecule has 2 rings (SSSR count). The molecule has 1 saturated carbocycles. The summed E-state index contributed by atoms with van der Waals surface area (Å²) >= 11 is 0. The lowest BCUT2D eigenvalue weighted by Crippen LogP contribution is -2.41. The van der Waals surface area contributed by atoms with Crippen LogP contribution in [0.5, 0.6) is 0 Å². The van der Waals surface area contributed by atoms with Crippen LogP contribution < -0.4 is 5.32 Å². The summed E-state index contributed by atoms with van der Waals surface area (Å²) in [6.45, 7) is 8.04. The summed E-state index contributed by atoms with van der Waals surface area (Å²) in [4.78, 5) is 0. The van der Waals surface area contributed by atoms with Crippen molar-refractivity contribution in [2.45, 2.75) is 71.3 Å². The maximum Gasteiger partial charge on any atom is 0.00966 e. The first-order valence-corrected chi connectivity index (χ1v) is 8.83. The van der Waals surface area contributed by atoms with Gasteiger partial charge in [0.1, 0.15) is 0 Å². The van der Waals surface area contributed by atoms with Gasteiger partial charge >= 0.3 is 0 Å². The molecule has 0 heterocycles. The van der Waals surface area contributed by atoms with Crippen LogP contribution >= 0.6 is 0 Å². The Bertz CT molecular complexity index is 390. The molecule has 0 radical (unpaired) electrons. The Morgan fingerprint density at radius 1 is 1.00 bits per heavy atom. The van der Waals surface area contributed by atoms with E-state index in [1.54, 1.807) is 0 Å². The number of hydrogen-bond acceptors (Lipinski definition) is 1. The topological polar surface area (TPSA) is 12.0 Å². The summed E-state index contributed by atoms with van der Waals surface area (Å²) in [7, 11) is 0. The number of benzene rings is 1. The van der Waals surface area contributed by atoms with Gasteiger partial charge < -0.3 is 5.32 Å². The summed E-state index contributed by atoms with van der Waals surface area (Å²) in [5.74, 6) is 1.84. The van der Waals surface area contributed by atoms with E-state index in [-0.39, 0.29) is 5.54 Å². The molecule has 0 amide bonds. The van der Waals surface area contributed by atoms with Gasteiger partial charge in [0.15, 0.2) is 0 Å². The molecule has 1 nitrogen and oxygen atoms in total. The SMILES string of the molecule is CC(C)(C)NCC1CCCCC1CCCc1ccccc1. The molecule has 0 aliphatic heterocycles. The fourth-order valence-corrected chi connectivity index (χ4v) is 3.58. The second-order valence-electron chi connectivity index (χ2n) is 7.81. The molecule has 21 heavy (non-hydrogen) atoms. The van der Waals surface area contributed by atoms with E-state index in [1.807, 2.05) is 0 Å². The highest BCUT2D eigenvalue weighted by atomic mass is 14.9. The van der Waals surface area contributed by atoms with Crippen molar-refractivity contribution in [3.05, 3.63) is 35.9 Å². The fraction of sp³-hybridized carbons (Fsp3) is 0.700. The zero-order valence-corrected chi connectivity index (χ0v) is 14.2. The third-order valence-corrected chi connectivity index (χ3v) is 4.84. The second-order valence-corrected chi connectivity index (χ2v) is 7.81. The lowest BCUT2D eigenvalue weighted by atomic mass is 9.76. The average Bonchev–Trinajstić information content (AvgIpc) is 2.46. The van der Waals surface area contributed by atoms with Gasteiger partial charge in [-0.25, -0.2) is 0 Å². The molecule has 1 fully saturated rings. The van der Waals surface area contributed by atoms with Crippen LogP contribution in [0.4, 0.5) is 0 Å². The summed E-state index contributed by atoms with van der Waals surface area (Å²) < 4.78 is 0. The molecule has 0 spiro atoms. The third kappa shape index (κ3) is 6.22. The maximum atomic E-state index is 3.73. The van der Waals surface area contributed by atoms with E-state index in [0.29, 0.717) is 0 Å². The molecule has 1 aliphatic carbocycles. The molecule has 1 N–H and O–H groups in total. The Morgan fingerprint density at radius 3 is 2.33 bits per heavy atom. The van der Waals surface area contributed by atoms with E-state index in [1.165, 1.54) is 57.1 Å². The van der Waals surface area contributed by atoms with Crippen LogP contribution in [0.15, 0.2) is 30.3 Å². The zero-order chi connectivity index (χ0) is 15.1. The zero-order valence-electron chi connectivity index (χ0n) is 14.2. The van der Waals surface area contributed by atoms with Crippen LogP contribution in [-0.4, -0.2) is 12.1 Å². The van der Waals surface area contributed by atoms with Gasteiger partial charge in [-0.2, -0.15) is 0 Å². The Morgan fingerprint density at radius 2 is 1.67 bits per heavy atom. The van der Waals surface area contributed by atoms with E-state index < -0.39 is 0 Å². The predicted octanol–water partition coefficient (Wildman–Crippen LogP) is 5.20. The van der Waals surface area contributed by atoms with Gasteiger partial charge in [-0.1, -0.05) is 49.6 Å². The van der Waals surface area contributed by atoms with E-state index in [0.717, 1.165) is 11.8 Å². The van der Waals surface area contributed by atoms with Gasteiger partial charge in [-0.05, 0) is 70.4 Å². The molecular formula is C20H33N. The van der Waals surface area contributed by atoms with Crippen molar-refractivity contribution in [3.63, 3.8) is 0 Å². The highest BCUT2D eigenvalue weighted by Gasteiger charge is 2.25. The van der Waals surface area contributed by atoms with Gasteiger partial charge in [-0.15, -0.1) is 0 Å². The number of nitrogens with one attached hydrogen (secondary N) is 1. The minimum Gasteiger partial charge on any atom is -0.312 e. The minimum atomic E-state index is 0.256. The van der Waals surface area contributed by atoms with Gasteiger partial charge in [0.25, 0.3) is 0 Å². The molecule has 2 unspecified atom stereocenters. The lowest BCUT2D eigenvalue weighted by molar-refractivity contribution is 0.201. The molecule has 1 aromatic carbocycles. The number of hydrogen-bond donors (Lipinski definition) is 1. The van der Waals surface area contributed by atoms with Crippen LogP contribution in [0, 0.1) is 11.8 Å². The first-order chi connectivity index (χ1) is 10.0. The van der Waals surface area contributed by atoms with Crippen molar-refractivity contribution in [2.75, 3.05) is 6.54 Å². The smallest absolute Gasteiger partial charge is 0.00966 e. The van der Waals surface area contributed by atoms with Crippen LogP contribution in [0.3, 0.4) is 0 Å². The molecule has 118 valence electrons. The van der Waals surface area contributed by atoms with Crippen LogP contribution in [0.25, 0.3) is 0 Å². The predicted molar refractivity (Wildman–Crippen MR) is 92.6 cm³/mol. The molecule has 1 aromatic rings. The van der Waals surface area contributed by atoms with Gasteiger partial charge in [0, 0.05) is 5.54 Å². The van der Waals surface area contributed by atoms with Crippen molar-refractivity contribution in [3.8, 4) is 0 Å². The van der Waals surface area contributed by atoms with Crippen molar-refractivity contribution in [1.29, 1.82) is 0 Å². The summed E-state index contributed by atoms with van der Waals surface area (Å²) in [5.41, 5.74) is 1.75. The van der Waals surface area contributed by atoms with Gasteiger partial charge in [0.05, 0.1) is 0 Å². The molecule has 1 heteroatoms. The monoisotopic (exact) mass is 287 g/mol. The Balaban J connectivity index is 1.76. The summed E-state index contributed by atoms with van der Waals surface area (Å²) in [6.07, 6.45) is 9.76. The average molecular weight is 287 g/mol. The van der Waals surface area contributed by atoms with E-state index in [2.05, 4.69) is 56.4 Å². The second kappa shape index (κ2) is 7.98. The van der Waals surface area contributed by atoms with E-state index >= 15 is 0 Å². The van der Waals surface area contributed by atoms with E-state index in [9.17, 15) is 0 Å². The van der Waals surface area contributed by atoms with Gasteiger partial charge in [-0.3, -0.25) is 0 Å². The van der Waals surface area contributed by atoms with Crippen LogP contribution in [-0.2, 0) is 6.42 Å². The highest BCUT2D eigenvalue weighted by Crippen LogP contribution is 2.33. The Hall–Kier alpha value is -0.820. The largest absolute Gasteiger partial charge is 0.312 e. The quantitative estimate of drug-likeness (QED) is 0.758. The summed E-state index contributed by atoms with van der Waals surface area (Å²) in [5, 5.41) is 3.73. The lowest BCUT2D eigenvalue weighted by Gasteiger charge is -2.34. The molecule has 0 aromatic heterocycles. The third-order valence-electron chi connectivity index (χ3n) is 4.84. The maximum absolute atomic E-state index is 3.73. The Labute approximate surface area is 131 Å². The molecule has 0 bridgehead atoms. The van der Waals surface area contributed by atoms with Crippen molar-refractivity contribution in [2.24, 2.45) is 11.8 Å². The summed E-state index contributed by atoms with van der Waals surface area (Å²) in [6, 6.07) is 11.0. The molecule has 0 saturated heterocycles. The van der Waals surface area contributed by atoms with Crippen molar-refractivity contribution in [1.82, 2.24) is 5.32 Å². The fourth-order valence-electron chi connectivity index (χ4n) is 3.58. The first-order valence-electron chi connectivity index (χ1n) is 8.83. The van der Waals surface area contributed by atoms with Gasteiger partial charge in [0.2, 0.25) is 0 Å². The number of rotatable bonds is 6. The molecule has 1 aliphatic rings. The van der Waals surface area contributed by atoms with Crippen molar-refractivity contribution >= 4 is 0 Å². The normalized spacial score (nSPS) is 23.2. The standard InChI is InChI=1S/C20H33N/c1-20(2,3)21-16-19-14-8-7-13-18(19)15-9-12-17-10-5-4-6-11-17/h4-6,10-11,18-19,21H,7-9,12-16H2,1-3H3. The minimum absolute atomic E-state index is 0.256. The van der Waals surface area contributed by atoms with Crippen LogP contribution in [0.1, 0.15) is 64.9 Å². The van der Waals surface area contributed by atoms with Crippen molar-refractivity contribution < 1.29 is 0 Å². The van der Waals surface area contributed by atoms with E-state index in [4.69, 9.17) is 0 Å². The highest BCUT2D eigenvalue weighted by molar-refractivity contribution is 5.14. The molecular weight excluding hydrogens is 254 g/mol.